The SMILES string of the molecule is CC(C)C(NC(=O)c1ccccc1F)C(=O)NCC(C)N1CCOCC1. The average molecular weight is 365 g/mol. The van der Waals surface area contributed by atoms with Gasteiger partial charge in [-0.15, -0.1) is 0 Å². The topological polar surface area (TPSA) is 70.7 Å². The number of benzene rings is 1. The largest absolute Gasteiger partial charge is 0.379 e. The monoisotopic (exact) mass is 365 g/mol. The number of rotatable bonds is 7. The molecule has 0 radical (unpaired) electrons. The normalized spacial score (nSPS) is 17.6. The van der Waals surface area contributed by atoms with Crippen molar-refractivity contribution in [2.24, 2.45) is 5.92 Å². The van der Waals surface area contributed by atoms with Crippen molar-refractivity contribution in [2.45, 2.75) is 32.9 Å². The summed E-state index contributed by atoms with van der Waals surface area (Å²) in [7, 11) is 0. The molecule has 1 aliphatic heterocycles. The molecule has 1 heterocycles. The number of morpholine rings is 1. The zero-order valence-corrected chi connectivity index (χ0v) is 15.6. The van der Waals surface area contributed by atoms with Crippen molar-refractivity contribution >= 4 is 11.8 Å². The van der Waals surface area contributed by atoms with Crippen LogP contribution in [0.1, 0.15) is 31.1 Å². The number of hydrogen-bond acceptors (Lipinski definition) is 4. The number of carbonyl (C=O) groups is 2. The van der Waals surface area contributed by atoms with E-state index in [1.54, 1.807) is 6.07 Å². The van der Waals surface area contributed by atoms with Crippen LogP contribution in [0.25, 0.3) is 0 Å². The second-order valence-corrected chi connectivity index (χ2v) is 6.92. The second-order valence-electron chi connectivity index (χ2n) is 6.92. The molecule has 1 fully saturated rings. The van der Waals surface area contributed by atoms with Crippen LogP contribution >= 0.6 is 0 Å². The molecule has 1 aliphatic rings. The predicted molar refractivity (Wildman–Crippen MR) is 97.4 cm³/mol. The van der Waals surface area contributed by atoms with Crippen molar-refractivity contribution in [3.05, 3.63) is 35.6 Å². The van der Waals surface area contributed by atoms with Gasteiger partial charge in [0.15, 0.2) is 0 Å². The molecule has 0 saturated carbocycles. The third-order valence-electron chi connectivity index (χ3n) is 4.59. The fourth-order valence-electron chi connectivity index (χ4n) is 2.90. The summed E-state index contributed by atoms with van der Waals surface area (Å²) in [6, 6.07) is 5.19. The summed E-state index contributed by atoms with van der Waals surface area (Å²) in [5.74, 6) is -1.57. The van der Waals surface area contributed by atoms with Crippen molar-refractivity contribution in [3.8, 4) is 0 Å². The van der Waals surface area contributed by atoms with Gasteiger partial charge >= 0.3 is 0 Å². The second kappa shape index (κ2) is 9.64. The summed E-state index contributed by atoms with van der Waals surface area (Å²) < 4.78 is 19.1. The number of ether oxygens (including phenoxy) is 1. The van der Waals surface area contributed by atoms with E-state index < -0.39 is 17.8 Å². The molecule has 7 heteroatoms. The van der Waals surface area contributed by atoms with Crippen molar-refractivity contribution in [2.75, 3.05) is 32.8 Å². The summed E-state index contributed by atoms with van der Waals surface area (Å²) in [5.41, 5.74) is -0.0624. The Balaban J connectivity index is 1.92. The lowest BCUT2D eigenvalue weighted by Gasteiger charge is -2.32. The molecule has 0 aromatic heterocycles. The fourth-order valence-corrected chi connectivity index (χ4v) is 2.90. The van der Waals surface area contributed by atoms with Gasteiger partial charge in [0.05, 0.1) is 18.8 Å². The highest BCUT2D eigenvalue weighted by molar-refractivity contribution is 5.97. The van der Waals surface area contributed by atoms with Gasteiger partial charge in [0, 0.05) is 25.7 Å². The quantitative estimate of drug-likeness (QED) is 0.767. The molecule has 0 bridgehead atoms. The molecule has 2 amide bonds. The van der Waals surface area contributed by atoms with E-state index in [4.69, 9.17) is 4.74 Å². The molecule has 1 aromatic rings. The summed E-state index contributed by atoms with van der Waals surface area (Å²) in [4.78, 5) is 27.1. The van der Waals surface area contributed by atoms with E-state index in [-0.39, 0.29) is 23.4 Å². The van der Waals surface area contributed by atoms with E-state index in [1.165, 1.54) is 18.2 Å². The molecule has 0 spiro atoms. The third-order valence-corrected chi connectivity index (χ3v) is 4.59. The van der Waals surface area contributed by atoms with E-state index in [9.17, 15) is 14.0 Å². The van der Waals surface area contributed by atoms with E-state index in [0.717, 1.165) is 13.1 Å². The molecular formula is C19H28FN3O3. The van der Waals surface area contributed by atoms with Gasteiger partial charge < -0.3 is 15.4 Å². The molecular weight excluding hydrogens is 337 g/mol. The predicted octanol–water partition coefficient (Wildman–Crippen LogP) is 1.42. The Morgan fingerprint density at radius 2 is 1.85 bits per heavy atom. The average Bonchev–Trinajstić information content (AvgIpc) is 2.64. The highest BCUT2D eigenvalue weighted by atomic mass is 19.1. The van der Waals surface area contributed by atoms with Gasteiger partial charge in [-0.1, -0.05) is 26.0 Å². The number of amides is 2. The molecule has 2 unspecified atom stereocenters. The summed E-state index contributed by atoms with van der Waals surface area (Å²) in [6.07, 6.45) is 0. The number of nitrogens with zero attached hydrogens (tertiary/aromatic N) is 1. The van der Waals surface area contributed by atoms with E-state index in [2.05, 4.69) is 15.5 Å². The molecule has 2 rings (SSSR count). The van der Waals surface area contributed by atoms with Crippen LogP contribution in [0.3, 0.4) is 0 Å². The Hall–Kier alpha value is -1.99. The van der Waals surface area contributed by atoms with Crippen LogP contribution in [0.4, 0.5) is 4.39 Å². The van der Waals surface area contributed by atoms with Crippen molar-refractivity contribution < 1.29 is 18.7 Å². The van der Waals surface area contributed by atoms with Gasteiger partial charge in [-0.3, -0.25) is 14.5 Å². The van der Waals surface area contributed by atoms with Crippen molar-refractivity contribution in [3.63, 3.8) is 0 Å². The fraction of sp³-hybridized carbons (Fsp3) is 0.579. The minimum Gasteiger partial charge on any atom is -0.379 e. The number of halogens is 1. The van der Waals surface area contributed by atoms with E-state index in [1.807, 2.05) is 20.8 Å². The van der Waals surface area contributed by atoms with Crippen LogP contribution < -0.4 is 10.6 Å². The summed E-state index contributed by atoms with van der Waals surface area (Å²) in [5, 5.41) is 5.55. The van der Waals surface area contributed by atoms with Gasteiger partial charge in [0.1, 0.15) is 11.9 Å². The van der Waals surface area contributed by atoms with Crippen LogP contribution in [0.15, 0.2) is 24.3 Å². The van der Waals surface area contributed by atoms with Gasteiger partial charge in [-0.05, 0) is 25.0 Å². The molecule has 26 heavy (non-hydrogen) atoms. The maximum Gasteiger partial charge on any atom is 0.254 e. The van der Waals surface area contributed by atoms with Crippen LogP contribution in [-0.2, 0) is 9.53 Å². The smallest absolute Gasteiger partial charge is 0.254 e. The molecule has 144 valence electrons. The first kappa shape index (κ1) is 20.3. The Kier molecular flexibility index (Phi) is 7.53. The Labute approximate surface area is 154 Å². The van der Waals surface area contributed by atoms with Gasteiger partial charge in [0.2, 0.25) is 5.91 Å². The Morgan fingerprint density at radius 1 is 1.19 bits per heavy atom. The maximum atomic E-state index is 13.8. The third kappa shape index (κ3) is 5.51. The number of hydrogen-bond donors (Lipinski definition) is 2. The van der Waals surface area contributed by atoms with Crippen molar-refractivity contribution in [1.29, 1.82) is 0 Å². The lowest BCUT2D eigenvalue weighted by atomic mass is 10.0. The van der Waals surface area contributed by atoms with E-state index >= 15 is 0 Å². The van der Waals surface area contributed by atoms with Crippen LogP contribution in [0.5, 0.6) is 0 Å². The Bertz CT molecular complexity index is 618. The van der Waals surface area contributed by atoms with Gasteiger partial charge in [-0.2, -0.15) is 0 Å². The van der Waals surface area contributed by atoms with Crippen molar-refractivity contribution in [1.82, 2.24) is 15.5 Å². The molecule has 2 atom stereocenters. The molecule has 1 aromatic carbocycles. The maximum absolute atomic E-state index is 13.8. The first-order chi connectivity index (χ1) is 12.4. The van der Waals surface area contributed by atoms with Crippen LogP contribution in [0.2, 0.25) is 0 Å². The lowest BCUT2D eigenvalue weighted by molar-refractivity contribution is -0.124. The minimum absolute atomic E-state index is 0.0624. The van der Waals surface area contributed by atoms with Crippen LogP contribution in [0, 0.1) is 11.7 Å². The number of carbonyl (C=O) groups excluding carboxylic acids is 2. The first-order valence-electron chi connectivity index (χ1n) is 9.05. The highest BCUT2D eigenvalue weighted by Gasteiger charge is 2.26. The zero-order chi connectivity index (χ0) is 19.1. The van der Waals surface area contributed by atoms with Crippen LogP contribution in [-0.4, -0.2) is 61.6 Å². The van der Waals surface area contributed by atoms with E-state index in [0.29, 0.717) is 19.8 Å². The zero-order valence-electron chi connectivity index (χ0n) is 15.6. The highest BCUT2D eigenvalue weighted by Crippen LogP contribution is 2.09. The molecule has 0 aliphatic carbocycles. The summed E-state index contributed by atoms with van der Waals surface area (Å²) in [6.45, 7) is 9.31. The molecule has 1 saturated heterocycles. The molecule has 6 nitrogen and oxygen atoms in total. The Morgan fingerprint density at radius 3 is 2.46 bits per heavy atom. The lowest BCUT2D eigenvalue weighted by Crippen LogP contribution is -2.53. The standard InChI is InChI=1S/C19H28FN3O3/c1-13(2)17(22-18(24)15-6-4-5-7-16(15)20)19(25)21-12-14(3)23-8-10-26-11-9-23/h4-7,13-14,17H,8-12H2,1-3H3,(H,21,25)(H,22,24). The number of nitrogens with one attached hydrogen (secondary N) is 2. The summed E-state index contributed by atoms with van der Waals surface area (Å²) >= 11 is 0. The van der Waals surface area contributed by atoms with Gasteiger partial charge in [0.25, 0.3) is 5.91 Å². The van der Waals surface area contributed by atoms with Gasteiger partial charge in [-0.25, -0.2) is 4.39 Å². The molecule has 2 N–H and O–H groups in total. The first-order valence-corrected chi connectivity index (χ1v) is 9.05. The minimum atomic E-state index is -0.723.